The largest absolute Gasteiger partial charge is 0.386 e. The zero-order valence-corrected chi connectivity index (χ0v) is 12.5. The molecule has 0 saturated carbocycles. The molecule has 0 aliphatic carbocycles. The van der Waals surface area contributed by atoms with Gasteiger partial charge in [-0.3, -0.25) is 0 Å². The van der Waals surface area contributed by atoms with Crippen LogP contribution in [0.1, 0.15) is 20.8 Å². The van der Waals surface area contributed by atoms with Crippen molar-refractivity contribution in [3.8, 4) is 0 Å². The van der Waals surface area contributed by atoms with Gasteiger partial charge in [-0.15, -0.1) is 0 Å². The summed E-state index contributed by atoms with van der Waals surface area (Å²) in [6, 6.07) is 3.34. The molecule has 0 fully saturated rings. The van der Waals surface area contributed by atoms with Crippen molar-refractivity contribution in [2.24, 2.45) is 0 Å². The molecular weight excluding hydrogens is 266 g/mol. The summed E-state index contributed by atoms with van der Waals surface area (Å²) in [6.45, 7) is 6.24. The van der Waals surface area contributed by atoms with Crippen LogP contribution in [-0.2, 0) is 14.8 Å². The first-order chi connectivity index (χ1) is 8.82. The van der Waals surface area contributed by atoms with Crippen molar-refractivity contribution in [1.82, 2.24) is 9.71 Å². The van der Waals surface area contributed by atoms with E-state index in [1.807, 2.05) is 20.8 Å². The number of pyridine rings is 1. The molecule has 0 bridgehead atoms. The van der Waals surface area contributed by atoms with Gasteiger partial charge in [0.1, 0.15) is 0 Å². The van der Waals surface area contributed by atoms with Gasteiger partial charge in [0, 0.05) is 26.4 Å². The maximum Gasteiger partial charge on any atom is 0.260 e. The number of nitrogens with zero attached hydrogens (tertiary/aromatic N) is 1. The van der Waals surface area contributed by atoms with Crippen molar-refractivity contribution >= 4 is 15.7 Å². The van der Waals surface area contributed by atoms with E-state index in [1.54, 1.807) is 19.2 Å². The van der Waals surface area contributed by atoms with Gasteiger partial charge < -0.3 is 10.1 Å². The van der Waals surface area contributed by atoms with Crippen LogP contribution in [0.15, 0.2) is 23.4 Å². The summed E-state index contributed by atoms with van der Waals surface area (Å²) >= 11 is 0. The third kappa shape index (κ3) is 4.45. The highest BCUT2D eigenvalue weighted by Crippen LogP contribution is 2.17. The van der Waals surface area contributed by atoms with E-state index in [9.17, 15) is 8.42 Å². The SMILES string of the molecule is CCOC(C)(C)CNS(=O)(=O)c1ncccc1NC. The maximum absolute atomic E-state index is 12.2. The summed E-state index contributed by atoms with van der Waals surface area (Å²) in [5, 5.41) is 2.80. The van der Waals surface area contributed by atoms with Crippen LogP contribution in [0.3, 0.4) is 0 Å². The van der Waals surface area contributed by atoms with E-state index in [-0.39, 0.29) is 11.6 Å². The summed E-state index contributed by atoms with van der Waals surface area (Å²) in [5.74, 6) is 0. The van der Waals surface area contributed by atoms with Crippen LogP contribution in [0.5, 0.6) is 0 Å². The minimum atomic E-state index is -3.66. The van der Waals surface area contributed by atoms with Gasteiger partial charge in [0.05, 0.1) is 11.3 Å². The fourth-order valence-electron chi connectivity index (χ4n) is 1.57. The molecular formula is C12H21N3O3S. The van der Waals surface area contributed by atoms with Crippen LogP contribution in [0.4, 0.5) is 5.69 Å². The van der Waals surface area contributed by atoms with Crippen molar-refractivity contribution in [2.75, 3.05) is 25.5 Å². The van der Waals surface area contributed by atoms with E-state index in [1.165, 1.54) is 6.20 Å². The van der Waals surface area contributed by atoms with Crippen LogP contribution in [0.2, 0.25) is 0 Å². The van der Waals surface area contributed by atoms with Crippen LogP contribution < -0.4 is 10.0 Å². The van der Waals surface area contributed by atoms with Crippen LogP contribution >= 0.6 is 0 Å². The quantitative estimate of drug-likeness (QED) is 0.788. The molecule has 7 heteroatoms. The molecule has 108 valence electrons. The lowest BCUT2D eigenvalue weighted by molar-refractivity contribution is -0.00515. The van der Waals surface area contributed by atoms with Crippen molar-refractivity contribution in [2.45, 2.75) is 31.4 Å². The van der Waals surface area contributed by atoms with E-state index < -0.39 is 15.6 Å². The molecule has 0 unspecified atom stereocenters. The Morgan fingerprint density at radius 3 is 2.68 bits per heavy atom. The van der Waals surface area contributed by atoms with Crippen molar-refractivity contribution in [3.63, 3.8) is 0 Å². The molecule has 0 aliphatic rings. The molecule has 0 aromatic carbocycles. The maximum atomic E-state index is 12.2. The first kappa shape index (κ1) is 15.9. The Hall–Kier alpha value is -1.18. The summed E-state index contributed by atoms with van der Waals surface area (Å²) in [4.78, 5) is 3.91. The molecule has 0 radical (unpaired) electrons. The Morgan fingerprint density at radius 2 is 2.11 bits per heavy atom. The third-order valence-corrected chi connectivity index (χ3v) is 3.88. The fourth-order valence-corrected chi connectivity index (χ4v) is 2.91. The van der Waals surface area contributed by atoms with Crippen molar-refractivity contribution < 1.29 is 13.2 Å². The van der Waals surface area contributed by atoms with Gasteiger partial charge in [0.25, 0.3) is 10.0 Å². The molecule has 1 aromatic rings. The van der Waals surface area contributed by atoms with Gasteiger partial charge in [0.15, 0.2) is 5.03 Å². The molecule has 1 heterocycles. The molecule has 1 aromatic heterocycles. The zero-order valence-electron chi connectivity index (χ0n) is 11.7. The Bertz CT molecular complexity index is 515. The van der Waals surface area contributed by atoms with Crippen LogP contribution in [0.25, 0.3) is 0 Å². The van der Waals surface area contributed by atoms with Crippen LogP contribution in [0, 0.1) is 0 Å². The topological polar surface area (TPSA) is 80.3 Å². The molecule has 19 heavy (non-hydrogen) atoms. The monoisotopic (exact) mass is 287 g/mol. The highest BCUT2D eigenvalue weighted by molar-refractivity contribution is 7.89. The van der Waals surface area contributed by atoms with E-state index in [0.717, 1.165) is 0 Å². The average Bonchev–Trinajstić information content (AvgIpc) is 2.37. The molecule has 1 rings (SSSR count). The minimum Gasteiger partial charge on any atom is -0.386 e. The van der Waals surface area contributed by atoms with Crippen molar-refractivity contribution in [3.05, 3.63) is 18.3 Å². The molecule has 0 aliphatic heterocycles. The van der Waals surface area contributed by atoms with Crippen molar-refractivity contribution in [1.29, 1.82) is 0 Å². The number of hydrogen-bond donors (Lipinski definition) is 2. The zero-order chi connectivity index (χ0) is 14.5. The molecule has 0 amide bonds. The molecule has 2 N–H and O–H groups in total. The summed E-state index contributed by atoms with van der Waals surface area (Å²) in [6.07, 6.45) is 1.45. The number of rotatable bonds is 7. The number of ether oxygens (including phenoxy) is 1. The first-order valence-corrected chi connectivity index (χ1v) is 7.57. The number of anilines is 1. The van der Waals surface area contributed by atoms with E-state index in [4.69, 9.17) is 4.74 Å². The van der Waals surface area contributed by atoms with Gasteiger partial charge in [0.2, 0.25) is 0 Å². The second kappa shape index (κ2) is 6.31. The van der Waals surface area contributed by atoms with Gasteiger partial charge >= 0.3 is 0 Å². The normalized spacial score (nSPS) is 12.4. The Balaban J connectivity index is 2.87. The van der Waals surface area contributed by atoms with Gasteiger partial charge in [-0.25, -0.2) is 18.1 Å². The highest BCUT2D eigenvalue weighted by Gasteiger charge is 2.24. The van der Waals surface area contributed by atoms with Gasteiger partial charge in [-0.05, 0) is 32.9 Å². The predicted molar refractivity (Wildman–Crippen MR) is 74.7 cm³/mol. The van der Waals surface area contributed by atoms with Gasteiger partial charge in [-0.1, -0.05) is 0 Å². The molecule has 0 saturated heterocycles. The number of hydrogen-bond acceptors (Lipinski definition) is 5. The minimum absolute atomic E-state index is 0.00945. The number of nitrogens with one attached hydrogen (secondary N) is 2. The molecule has 6 nitrogen and oxygen atoms in total. The number of aromatic nitrogens is 1. The smallest absolute Gasteiger partial charge is 0.260 e. The van der Waals surface area contributed by atoms with Gasteiger partial charge in [-0.2, -0.15) is 0 Å². The lowest BCUT2D eigenvalue weighted by Crippen LogP contribution is -2.40. The second-order valence-corrected chi connectivity index (χ2v) is 6.31. The Labute approximate surface area is 114 Å². The first-order valence-electron chi connectivity index (χ1n) is 6.09. The van der Waals surface area contributed by atoms with E-state index >= 15 is 0 Å². The number of sulfonamides is 1. The molecule has 0 spiro atoms. The highest BCUT2D eigenvalue weighted by atomic mass is 32.2. The third-order valence-electron chi connectivity index (χ3n) is 2.52. The summed E-state index contributed by atoms with van der Waals surface area (Å²) < 4.78 is 32.4. The summed E-state index contributed by atoms with van der Waals surface area (Å²) in [7, 11) is -2.01. The fraction of sp³-hybridized carbons (Fsp3) is 0.583. The lowest BCUT2D eigenvalue weighted by atomic mass is 10.1. The van der Waals surface area contributed by atoms with E-state index in [2.05, 4.69) is 15.0 Å². The Morgan fingerprint density at radius 1 is 1.42 bits per heavy atom. The predicted octanol–water partition coefficient (Wildman–Crippen LogP) is 1.22. The lowest BCUT2D eigenvalue weighted by Gasteiger charge is -2.24. The van der Waals surface area contributed by atoms with E-state index in [0.29, 0.717) is 12.3 Å². The second-order valence-electron chi connectivity index (χ2n) is 4.62. The Kier molecular flexibility index (Phi) is 5.28. The molecule has 0 atom stereocenters. The summed E-state index contributed by atoms with van der Waals surface area (Å²) in [5.41, 5.74) is -0.0969. The average molecular weight is 287 g/mol. The standard InChI is InChI=1S/C12H21N3O3S/c1-5-18-12(2,3)9-15-19(16,17)11-10(13-4)7-6-8-14-11/h6-8,13,15H,5,9H2,1-4H3. The van der Waals surface area contributed by atoms with Crippen LogP contribution in [-0.4, -0.2) is 39.2 Å².